The lowest BCUT2D eigenvalue weighted by atomic mass is 10.3. The number of carboxylic acids is 1. The van der Waals surface area contributed by atoms with E-state index in [0.29, 0.717) is 5.88 Å². The van der Waals surface area contributed by atoms with E-state index in [0.717, 1.165) is 15.8 Å². The second kappa shape index (κ2) is 4.64. The summed E-state index contributed by atoms with van der Waals surface area (Å²) in [6.07, 6.45) is 1.39. The fraction of sp³-hybridized carbons (Fsp3) is 0.300. The van der Waals surface area contributed by atoms with E-state index in [2.05, 4.69) is 9.97 Å². The summed E-state index contributed by atoms with van der Waals surface area (Å²) in [5.41, 5.74) is 7.21. The highest BCUT2D eigenvalue weighted by Gasteiger charge is 2.15. The molecule has 0 aliphatic heterocycles. The average molecular weight is 253 g/mol. The Morgan fingerprint density at radius 2 is 2.41 bits per heavy atom. The Bertz CT molecular complexity index is 555. The standard InChI is InChI=1S/C10H11N3O3S/c1-5-3-17-8-7(5)12-4-13-9(8)16-2-6(11)10(14)15/h3-4,6H,2,11H2,1H3,(H,14,15). The van der Waals surface area contributed by atoms with Gasteiger partial charge in [0.25, 0.3) is 0 Å². The summed E-state index contributed by atoms with van der Waals surface area (Å²) >= 11 is 1.46. The Hall–Kier alpha value is -1.73. The molecule has 2 aromatic heterocycles. The van der Waals surface area contributed by atoms with E-state index in [9.17, 15) is 4.79 Å². The summed E-state index contributed by atoms with van der Waals surface area (Å²) in [5, 5.41) is 10.6. The summed E-state index contributed by atoms with van der Waals surface area (Å²) in [6, 6.07) is -1.05. The van der Waals surface area contributed by atoms with Crippen molar-refractivity contribution in [3.05, 3.63) is 17.3 Å². The van der Waals surface area contributed by atoms with Crippen LogP contribution in [-0.4, -0.2) is 33.7 Å². The molecule has 7 heteroatoms. The summed E-state index contributed by atoms with van der Waals surface area (Å²) < 4.78 is 6.12. The maximum atomic E-state index is 10.6. The summed E-state index contributed by atoms with van der Waals surface area (Å²) in [5.74, 6) is -0.720. The SMILES string of the molecule is Cc1csc2c(OCC(N)C(=O)O)ncnc12. The van der Waals surface area contributed by atoms with E-state index in [1.807, 2.05) is 12.3 Å². The van der Waals surface area contributed by atoms with Crippen molar-refractivity contribution in [3.63, 3.8) is 0 Å². The molecule has 6 nitrogen and oxygen atoms in total. The van der Waals surface area contributed by atoms with Crippen molar-refractivity contribution in [1.82, 2.24) is 9.97 Å². The third-order valence-corrected chi connectivity index (χ3v) is 3.29. The fourth-order valence-corrected chi connectivity index (χ4v) is 2.23. The molecule has 0 aliphatic rings. The van der Waals surface area contributed by atoms with Gasteiger partial charge in [-0.1, -0.05) is 0 Å². The third kappa shape index (κ3) is 2.34. The maximum Gasteiger partial charge on any atom is 0.324 e. The van der Waals surface area contributed by atoms with E-state index >= 15 is 0 Å². The monoisotopic (exact) mass is 253 g/mol. The second-order valence-electron chi connectivity index (χ2n) is 3.53. The number of hydrogen-bond donors (Lipinski definition) is 2. The number of aromatic nitrogens is 2. The second-order valence-corrected chi connectivity index (χ2v) is 4.41. The van der Waals surface area contributed by atoms with Crippen molar-refractivity contribution in [2.45, 2.75) is 13.0 Å². The van der Waals surface area contributed by atoms with Crippen LogP contribution in [0.25, 0.3) is 10.2 Å². The minimum absolute atomic E-state index is 0.113. The minimum Gasteiger partial charge on any atom is -0.480 e. The quantitative estimate of drug-likeness (QED) is 0.835. The zero-order valence-electron chi connectivity index (χ0n) is 9.08. The van der Waals surface area contributed by atoms with E-state index < -0.39 is 12.0 Å². The van der Waals surface area contributed by atoms with Crippen LogP contribution in [-0.2, 0) is 4.79 Å². The highest BCUT2D eigenvalue weighted by atomic mass is 32.1. The Balaban J connectivity index is 2.21. The first-order valence-electron chi connectivity index (χ1n) is 4.89. The first kappa shape index (κ1) is 11.7. The van der Waals surface area contributed by atoms with Gasteiger partial charge in [-0.25, -0.2) is 9.97 Å². The van der Waals surface area contributed by atoms with Gasteiger partial charge in [-0.3, -0.25) is 4.79 Å². The van der Waals surface area contributed by atoms with E-state index in [1.165, 1.54) is 17.7 Å². The van der Waals surface area contributed by atoms with Crippen LogP contribution in [0.3, 0.4) is 0 Å². The number of fused-ring (bicyclic) bond motifs is 1. The zero-order valence-corrected chi connectivity index (χ0v) is 9.90. The molecule has 0 saturated carbocycles. The molecule has 17 heavy (non-hydrogen) atoms. The van der Waals surface area contributed by atoms with Crippen molar-refractivity contribution in [2.75, 3.05) is 6.61 Å². The Morgan fingerprint density at radius 3 is 3.12 bits per heavy atom. The average Bonchev–Trinajstić information content (AvgIpc) is 2.69. The number of aliphatic carboxylic acids is 1. The van der Waals surface area contributed by atoms with Crippen molar-refractivity contribution in [3.8, 4) is 5.88 Å². The molecule has 90 valence electrons. The van der Waals surface area contributed by atoms with Crippen LogP contribution in [0.5, 0.6) is 5.88 Å². The molecule has 2 rings (SSSR count). The first-order valence-corrected chi connectivity index (χ1v) is 5.77. The van der Waals surface area contributed by atoms with Gasteiger partial charge in [0.1, 0.15) is 23.7 Å². The Kier molecular flexibility index (Phi) is 3.21. The van der Waals surface area contributed by atoms with Crippen LogP contribution < -0.4 is 10.5 Å². The topological polar surface area (TPSA) is 98.3 Å². The number of carboxylic acid groups (broad SMARTS) is 1. The maximum absolute atomic E-state index is 10.6. The number of ether oxygens (including phenoxy) is 1. The molecular formula is C10H11N3O3S. The molecule has 1 atom stereocenters. The van der Waals surface area contributed by atoms with Gasteiger partial charge in [0, 0.05) is 0 Å². The molecule has 0 saturated heterocycles. The van der Waals surface area contributed by atoms with Gasteiger partial charge in [-0.15, -0.1) is 11.3 Å². The largest absolute Gasteiger partial charge is 0.480 e. The predicted molar refractivity (Wildman–Crippen MR) is 63.3 cm³/mol. The molecule has 0 fully saturated rings. The zero-order chi connectivity index (χ0) is 12.4. The number of nitrogens with two attached hydrogens (primary N) is 1. The van der Waals surface area contributed by atoms with Crippen LogP contribution in [0.15, 0.2) is 11.7 Å². The number of thiophene rings is 1. The molecule has 0 radical (unpaired) electrons. The van der Waals surface area contributed by atoms with Gasteiger partial charge in [-0.05, 0) is 17.9 Å². The van der Waals surface area contributed by atoms with Gasteiger partial charge >= 0.3 is 5.97 Å². The fourth-order valence-electron chi connectivity index (χ4n) is 1.29. The number of rotatable bonds is 4. The lowest BCUT2D eigenvalue weighted by molar-refractivity contribution is -0.139. The lowest BCUT2D eigenvalue weighted by Crippen LogP contribution is -2.36. The van der Waals surface area contributed by atoms with Gasteiger partial charge in [0.15, 0.2) is 0 Å². The normalized spacial score (nSPS) is 12.6. The van der Waals surface area contributed by atoms with Crippen molar-refractivity contribution in [1.29, 1.82) is 0 Å². The van der Waals surface area contributed by atoms with Gasteiger partial charge in [0.05, 0.1) is 5.52 Å². The Morgan fingerprint density at radius 1 is 1.65 bits per heavy atom. The molecule has 0 aliphatic carbocycles. The lowest BCUT2D eigenvalue weighted by Gasteiger charge is -2.08. The molecule has 0 amide bonds. The van der Waals surface area contributed by atoms with E-state index in [1.54, 1.807) is 0 Å². The number of hydrogen-bond acceptors (Lipinski definition) is 6. The van der Waals surface area contributed by atoms with Gasteiger partial charge in [-0.2, -0.15) is 0 Å². The highest BCUT2D eigenvalue weighted by Crippen LogP contribution is 2.29. The molecule has 0 bridgehead atoms. The number of aryl methyl sites for hydroxylation is 1. The molecular weight excluding hydrogens is 242 g/mol. The van der Waals surface area contributed by atoms with Crippen molar-refractivity contribution >= 4 is 27.5 Å². The van der Waals surface area contributed by atoms with Crippen LogP contribution in [0.1, 0.15) is 5.56 Å². The van der Waals surface area contributed by atoms with E-state index in [-0.39, 0.29) is 6.61 Å². The van der Waals surface area contributed by atoms with Crippen LogP contribution >= 0.6 is 11.3 Å². The first-order chi connectivity index (χ1) is 8.09. The Labute approximate surface area is 101 Å². The van der Waals surface area contributed by atoms with Gasteiger partial charge in [0.2, 0.25) is 5.88 Å². The minimum atomic E-state index is -1.10. The van der Waals surface area contributed by atoms with Crippen LogP contribution in [0, 0.1) is 6.92 Å². The smallest absolute Gasteiger partial charge is 0.324 e. The summed E-state index contributed by atoms with van der Waals surface area (Å²) in [4.78, 5) is 18.7. The van der Waals surface area contributed by atoms with Gasteiger partial charge < -0.3 is 15.6 Å². The van der Waals surface area contributed by atoms with Crippen molar-refractivity contribution < 1.29 is 14.6 Å². The molecule has 2 heterocycles. The number of nitrogens with zero attached hydrogens (tertiary/aromatic N) is 2. The molecule has 1 unspecified atom stereocenters. The molecule has 3 N–H and O–H groups in total. The predicted octanol–water partition coefficient (Wildman–Crippen LogP) is 0.790. The van der Waals surface area contributed by atoms with Crippen LogP contribution in [0.4, 0.5) is 0 Å². The molecule has 0 aromatic carbocycles. The summed E-state index contributed by atoms with van der Waals surface area (Å²) in [6.45, 7) is 1.83. The molecule has 2 aromatic rings. The van der Waals surface area contributed by atoms with Crippen LogP contribution in [0.2, 0.25) is 0 Å². The highest BCUT2D eigenvalue weighted by molar-refractivity contribution is 7.17. The number of carbonyl (C=O) groups is 1. The van der Waals surface area contributed by atoms with Crippen molar-refractivity contribution in [2.24, 2.45) is 5.73 Å². The summed E-state index contributed by atoms with van der Waals surface area (Å²) in [7, 11) is 0. The van der Waals surface area contributed by atoms with E-state index in [4.69, 9.17) is 15.6 Å². The molecule has 0 spiro atoms. The third-order valence-electron chi connectivity index (χ3n) is 2.22.